The van der Waals surface area contributed by atoms with Crippen molar-refractivity contribution in [1.82, 2.24) is 10.9 Å². The van der Waals surface area contributed by atoms with Gasteiger partial charge in [0.05, 0.1) is 0 Å². The molecule has 0 aromatic heterocycles. The van der Waals surface area contributed by atoms with Crippen LogP contribution >= 0.6 is 0 Å². The van der Waals surface area contributed by atoms with Crippen LogP contribution in [0, 0.1) is 12.8 Å². The number of hydrogen-bond donors (Lipinski definition) is 2. The van der Waals surface area contributed by atoms with Gasteiger partial charge in [-0.2, -0.15) is 0 Å². The summed E-state index contributed by atoms with van der Waals surface area (Å²) in [5.41, 5.74) is 6.39. The van der Waals surface area contributed by atoms with E-state index in [1.807, 2.05) is 32.9 Å². The second-order valence-corrected chi connectivity index (χ2v) is 4.47. The molecule has 92 valence electrons. The molecule has 4 nitrogen and oxygen atoms in total. The number of hydrogen-bond acceptors (Lipinski definition) is 2. The van der Waals surface area contributed by atoms with Gasteiger partial charge in [0.1, 0.15) is 0 Å². The molecule has 4 heteroatoms. The first-order valence-electron chi connectivity index (χ1n) is 5.65. The summed E-state index contributed by atoms with van der Waals surface area (Å²) in [6.07, 6.45) is 0.397. The van der Waals surface area contributed by atoms with Gasteiger partial charge >= 0.3 is 0 Å². The summed E-state index contributed by atoms with van der Waals surface area (Å²) in [7, 11) is 0. The van der Waals surface area contributed by atoms with Crippen molar-refractivity contribution in [3.05, 3.63) is 35.4 Å². The third-order valence-electron chi connectivity index (χ3n) is 2.22. The van der Waals surface area contributed by atoms with Crippen LogP contribution in [0.15, 0.2) is 24.3 Å². The molecule has 0 unspecified atom stereocenters. The molecular formula is C13H18N2O2. The van der Waals surface area contributed by atoms with Gasteiger partial charge in [0.2, 0.25) is 5.91 Å². The smallest absolute Gasteiger partial charge is 0.269 e. The molecule has 1 rings (SSSR count). The van der Waals surface area contributed by atoms with E-state index in [4.69, 9.17) is 0 Å². The molecular weight excluding hydrogens is 216 g/mol. The highest BCUT2D eigenvalue weighted by Crippen LogP contribution is 2.02. The zero-order chi connectivity index (χ0) is 12.8. The molecule has 0 bridgehead atoms. The number of nitrogens with one attached hydrogen (secondary N) is 2. The molecule has 0 radical (unpaired) electrons. The summed E-state index contributed by atoms with van der Waals surface area (Å²) in [4.78, 5) is 22.9. The van der Waals surface area contributed by atoms with E-state index < -0.39 is 0 Å². The minimum Gasteiger partial charge on any atom is -0.273 e. The van der Waals surface area contributed by atoms with Gasteiger partial charge in [-0.1, -0.05) is 31.5 Å². The van der Waals surface area contributed by atoms with E-state index in [9.17, 15) is 9.59 Å². The van der Waals surface area contributed by atoms with Gasteiger partial charge in [-0.05, 0) is 25.0 Å². The monoisotopic (exact) mass is 234 g/mol. The van der Waals surface area contributed by atoms with Crippen LogP contribution in [0.3, 0.4) is 0 Å². The maximum atomic E-state index is 11.6. The molecule has 2 amide bonds. The normalized spacial score (nSPS) is 10.1. The summed E-state index contributed by atoms with van der Waals surface area (Å²) in [6, 6.07) is 7.15. The number of amides is 2. The standard InChI is InChI=1S/C13H18N2O2/c1-9(2)8-12(16)14-15-13(17)11-6-4-10(3)5-7-11/h4-7,9H,8H2,1-3H3,(H,14,16)(H,15,17). The third-order valence-corrected chi connectivity index (χ3v) is 2.22. The fourth-order valence-electron chi connectivity index (χ4n) is 1.33. The Morgan fingerprint density at radius 1 is 1.12 bits per heavy atom. The molecule has 0 fully saturated rings. The van der Waals surface area contributed by atoms with Crippen molar-refractivity contribution in [2.24, 2.45) is 5.92 Å². The quantitative estimate of drug-likeness (QED) is 0.783. The minimum absolute atomic E-state index is 0.180. The second kappa shape index (κ2) is 6.03. The Labute approximate surface area is 101 Å². The molecule has 0 heterocycles. The molecule has 2 N–H and O–H groups in total. The van der Waals surface area contributed by atoms with Crippen LogP contribution < -0.4 is 10.9 Å². The lowest BCUT2D eigenvalue weighted by Crippen LogP contribution is -2.41. The lowest BCUT2D eigenvalue weighted by atomic mass is 10.1. The molecule has 1 aromatic carbocycles. The van der Waals surface area contributed by atoms with E-state index >= 15 is 0 Å². The predicted octanol–water partition coefficient (Wildman–Crippen LogP) is 1.80. The summed E-state index contributed by atoms with van der Waals surface area (Å²) >= 11 is 0. The SMILES string of the molecule is Cc1ccc(C(=O)NNC(=O)CC(C)C)cc1. The van der Waals surface area contributed by atoms with Crippen molar-refractivity contribution in [2.75, 3.05) is 0 Å². The van der Waals surface area contributed by atoms with Crippen LogP contribution in [0.5, 0.6) is 0 Å². The fourth-order valence-corrected chi connectivity index (χ4v) is 1.33. The molecule has 0 saturated carbocycles. The molecule has 17 heavy (non-hydrogen) atoms. The molecule has 0 aliphatic carbocycles. The van der Waals surface area contributed by atoms with Crippen molar-refractivity contribution in [2.45, 2.75) is 27.2 Å². The van der Waals surface area contributed by atoms with Gasteiger partial charge in [0.25, 0.3) is 5.91 Å². The van der Waals surface area contributed by atoms with E-state index in [0.29, 0.717) is 12.0 Å². The Morgan fingerprint density at radius 2 is 1.71 bits per heavy atom. The zero-order valence-corrected chi connectivity index (χ0v) is 10.4. The van der Waals surface area contributed by atoms with Crippen molar-refractivity contribution < 1.29 is 9.59 Å². The zero-order valence-electron chi connectivity index (χ0n) is 10.4. The van der Waals surface area contributed by atoms with E-state index in [0.717, 1.165) is 5.56 Å². The summed E-state index contributed by atoms with van der Waals surface area (Å²) in [5.74, 6) is -0.214. The number of carbonyl (C=O) groups excluding carboxylic acids is 2. The maximum absolute atomic E-state index is 11.6. The first kappa shape index (κ1) is 13.2. The highest BCUT2D eigenvalue weighted by molar-refractivity contribution is 5.95. The molecule has 0 saturated heterocycles. The van der Waals surface area contributed by atoms with Crippen molar-refractivity contribution >= 4 is 11.8 Å². The summed E-state index contributed by atoms with van der Waals surface area (Å²) in [5, 5.41) is 0. The number of hydrazine groups is 1. The van der Waals surface area contributed by atoms with Crippen molar-refractivity contribution in [3.8, 4) is 0 Å². The number of aryl methyl sites for hydroxylation is 1. The van der Waals surface area contributed by atoms with Crippen molar-refractivity contribution in [1.29, 1.82) is 0 Å². The Bertz CT molecular complexity index is 396. The van der Waals surface area contributed by atoms with Crippen LogP contribution in [0.25, 0.3) is 0 Å². The van der Waals surface area contributed by atoms with Gasteiger partial charge in [0, 0.05) is 12.0 Å². The highest BCUT2D eigenvalue weighted by atomic mass is 16.2. The van der Waals surface area contributed by atoms with Gasteiger partial charge in [0.15, 0.2) is 0 Å². The third kappa shape index (κ3) is 4.68. The molecule has 0 spiro atoms. The first-order chi connectivity index (χ1) is 7.99. The maximum Gasteiger partial charge on any atom is 0.269 e. The van der Waals surface area contributed by atoms with Crippen LogP contribution in [0.2, 0.25) is 0 Å². The fraction of sp³-hybridized carbons (Fsp3) is 0.385. The van der Waals surface area contributed by atoms with E-state index in [-0.39, 0.29) is 17.7 Å². The van der Waals surface area contributed by atoms with E-state index in [2.05, 4.69) is 10.9 Å². The van der Waals surface area contributed by atoms with Gasteiger partial charge < -0.3 is 0 Å². The Hall–Kier alpha value is -1.84. The molecule has 1 aromatic rings. The Balaban J connectivity index is 2.45. The Kier molecular flexibility index (Phi) is 4.69. The summed E-state index contributed by atoms with van der Waals surface area (Å²) < 4.78 is 0. The average molecular weight is 234 g/mol. The van der Waals surface area contributed by atoms with Gasteiger partial charge in [-0.25, -0.2) is 0 Å². The van der Waals surface area contributed by atoms with Crippen LogP contribution in [0.4, 0.5) is 0 Å². The van der Waals surface area contributed by atoms with Crippen LogP contribution in [0.1, 0.15) is 36.2 Å². The van der Waals surface area contributed by atoms with Crippen molar-refractivity contribution in [3.63, 3.8) is 0 Å². The lowest BCUT2D eigenvalue weighted by molar-refractivity contribution is -0.122. The number of rotatable bonds is 3. The number of benzene rings is 1. The second-order valence-electron chi connectivity index (χ2n) is 4.47. The van der Waals surface area contributed by atoms with Gasteiger partial charge in [-0.15, -0.1) is 0 Å². The minimum atomic E-state index is -0.304. The number of carbonyl (C=O) groups is 2. The topological polar surface area (TPSA) is 58.2 Å². The predicted molar refractivity (Wildman–Crippen MR) is 66.2 cm³/mol. The molecule has 0 aliphatic heterocycles. The van der Waals surface area contributed by atoms with Gasteiger partial charge in [-0.3, -0.25) is 20.4 Å². The van der Waals surface area contributed by atoms with E-state index in [1.54, 1.807) is 12.1 Å². The molecule has 0 aliphatic rings. The summed E-state index contributed by atoms with van der Waals surface area (Å²) in [6.45, 7) is 5.84. The molecule has 0 atom stereocenters. The average Bonchev–Trinajstić information content (AvgIpc) is 2.26. The largest absolute Gasteiger partial charge is 0.273 e. The first-order valence-corrected chi connectivity index (χ1v) is 5.65. The van der Waals surface area contributed by atoms with Crippen LogP contribution in [-0.4, -0.2) is 11.8 Å². The lowest BCUT2D eigenvalue weighted by Gasteiger charge is -2.08. The highest BCUT2D eigenvalue weighted by Gasteiger charge is 2.07. The Morgan fingerprint density at radius 3 is 2.24 bits per heavy atom. The van der Waals surface area contributed by atoms with E-state index in [1.165, 1.54) is 0 Å². The van der Waals surface area contributed by atoms with Crippen LogP contribution in [-0.2, 0) is 4.79 Å².